The first-order valence-corrected chi connectivity index (χ1v) is 8.32. The molecule has 6 nitrogen and oxygen atoms in total. The summed E-state index contributed by atoms with van der Waals surface area (Å²) in [6.45, 7) is 1.30. The highest BCUT2D eigenvalue weighted by Crippen LogP contribution is 2.24. The maximum atomic E-state index is 12.3. The van der Waals surface area contributed by atoms with Crippen LogP contribution >= 0.6 is 0 Å². The molecule has 0 atom stereocenters. The first-order valence-electron chi connectivity index (χ1n) is 8.32. The number of benzene rings is 1. The van der Waals surface area contributed by atoms with Gasteiger partial charge >= 0.3 is 0 Å². The van der Waals surface area contributed by atoms with Crippen LogP contribution in [-0.2, 0) is 19.5 Å². The predicted octanol–water partition coefficient (Wildman–Crippen LogP) is 3.07. The molecule has 2 aromatic heterocycles. The van der Waals surface area contributed by atoms with Crippen LogP contribution in [-0.4, -0.2) is 15.5 Å². The minimum Gasteiger partial charge on any atom is -0.467 e. The lowest BCUT2D eigenvalue weighted by molar-refractivity contribution is 0.102. The molecule has 3 N–H and O–H groups in total. The number of imidazole rings is 1. The van der Waals surface area contributed by atoms with Gasteiger partial charge in [-0.25, -0.2) is 4.98 Å². The number of carbonyl (C=O) groups is 1. The average molecular weight is 324 g/mol. The zero-order valence-electron chi connectivity index (χ0n) is 13.4. The lowest BCUT2D eigenvalue weighted by Gasteiger charge is -2.06. The summed E-state index contributed by atoms with van der Waals surface area (Å²) in [4.78, 5) is 17.0. The van der Waals surface area contributed by atoms with Crippen LogP contribution in [0.5, 0.6) is 0 Å². The largest absolute Gasteiger partial charge is 0.467 e. The van der Waals surface area contributed by atoms with Gasteiger partial charge in [0.05, 0.1) is 23.1 Å². The van der Waals surface area contributed by atoms with Crippen LogP contribution in [0.15, 0.2) is 34.9 Å². The molecule has 1 aliphatic rings. The number of hydrogen-bond donors (Lipinski definition) is 2. The molecular weight excluding hydrogens is 304 g/mol. The van der Waals surface area contributed by atoms with Crippen molar-refractivity contribution in [2.45, 2.75) is 38.8 Å². The summed E-state index contributed by atoms with van der Waals surface area (Å²) in [6, 6.07) is 7.54. The van der Waals surface area contributed by atoms with E-state index in [0.29, 0.717) is 11.3 Å². The van der Waals surface area contributed by atoms with E-state index < -0.39 is 0 Å². The topological polar surface area (TPSA) is 86.1 Å². The molecule has 0 unspecified atom stereocenters. The number of aryl methyl sites for hydroxylation is 2. The highest BCUT2D eigenvalue weighted by Gasteiger charge is 2.15. The standard InChI is InChI=1S/C18H20N4O2/c19-10-14-8-12(11-24-14)18(23)20-13-5-6-16-15(9-13)21-17-4-2-1-3-7-22(16)17/h5-6,8-9,11H,1-4,7,10,19H2,(H,20,23). The van der Waals surface area contributed by atoms with E-state index in [0.717, 1.165) is 35.5 Å². The molecule has 124 valence electrons. The number of hydrogen-bond acceptors (Lipinski definition) is 4. The van der Waals surface area contributed by atoms with Crippen molar-refractivity contribution >= 4 is 22.6 Å². The van der Waals surface area contributed by atoms with E-state index in [4.69, 9.17) is 15.1 Å². The normalized spacial score (nSPS) is 14.4. The molecule has 1 aliphatic heterocycles. The Labute approximate surface area is 139 Å². The third-order valence-electron chi connectivity index (χ3n) is 4.48. The molecule has 0 aliphatic carbocycles. The van der Waals surface area contributed by atoms with Gasteiger partial charge in [0.1, 0.15) is 17.8 Å². The molecule has 6 heteroatoms. The molecule has 0 radical (unpaired) electrons. The van der Waals surface area contributed by atoms with Gasteiger partial charge in [-0.1, -0.05) is 6.42 Å². The Morgan fingerprint density at radius 1 is 1.29 bits per heavy atom. The Balaban J connectivity index is 1.60. The number of aromatic nitrogens is 2. The molecule has 0 saturated heterocycles. The van der Waals surface area contributed by atoms with Crippen molar-refractivity contribution in [2.24, 2.45) is 5.73 Å². The molecule has 3 heterocycles. The van der Waals surface area contributed by atoms with Gasteiger partial charge < -0.3 is 20.0 Å². The number of nitrogens with zero attached hydrogens (tertiary/aromatic N) is 2. The monoisotopic (exact) mass is 324 g/mol. The van der Waals surface area contributed by atoms with Crippen molar-refractivity contribution in [3.8, 4) is 0 Å². The number of fused-ring (bicyclic) bond motifs is 3. The summed E-state index contributed by atoms with van der Waals surface area (Å²) in [5.41, 5.74) is 8.77. The minimum atomic E-state index is -0.210. The van der Waals surface area contributed by atoms with Crippen molar-refractivity contribution in [3.05, 3.63) is 47.7 Å². The van der Waals surface area contributed by atoms with E-state index in [1.807, 2.05) is 18.2 Å². The molecule has 0 saturated carbocycles. The van der Waals surface area contributed by atoms with Crippen LogP contribution in [0.2, 0.25) is 0 Å². The molecule has 3 aromatic rings. The van der Waals surface area contributed by atoms with Gasteiger partial charge in [-0.05, 0) is 37.1 Å². The Morgan fingerprint density at radius 2 is 2.21 bits per heavy atom. The van der Waals surface area contributed by atoms with Gasteiger partial charge in [-0.15, -0.1) is 0 Å². The Kier molecular flexibility index (Phi) is 3.82. The predicted molar refractivity (Wildman–Crippen MR) is 91.8 cm³/mol. The number of rotatable bonds is 3. The second-order valence-corrected chi connectivity index (χ2v) is 6.15. The molecule has 0 fully saturated rings. The maximum Gasteiger partial charge on any atom is 0.258 e. The summed E-state index contributed by atoms with van der Waals surface area (Å²) in [5, 5.41) is 2.89. The SMILES string of the molecule is NCc1cc(C(=O)Nc2ccc3c(c2)nc2n3CCCCC2)co1. The molecule has 24 heavy (non-hydrogen) atoms. The van der Waals surface area contributed by atoms with Crippen LogP contribution in [0.3, 0.4) is 0 Å². The van der Waals surface area contributed by atoms with Gasteiger partial charge in [-0.3, -0.25) is 4.79 Å². The van der Waals surface area contributed by atoms with E-state index in [-0.39, 0.29) is 12.5 Å². The Hall–Kier alpha value is -2.60. The van der Waals surface area contributed by atoms with Crippen LogP contribution in [0.4, 0.5) is 5.69 Å². The van der Waals surface area contributed by atoms with Crippen molar-refractivity contribution < 1.29 is 9.21 Å². The number of nitrogens with two attached hydrogens (primary N) is 1. The smallest absolute Gasteiger partial charge is 0.258 e. The molecule has 0 spiro atoms. The maximum absolute atomic E-state index is 12.3. The van der Waals surface area contributed by atoms with Gasteiger partial charge in [0, 0.05) is 18.7 Å². The number of amides is 1. The van der Waals surface area contributed by atoms with Crippen LogP contribution in [0.25, 0.3) is 11.0 Å². The molecule has 4 rings (SSSR count). The zero-order chi connectivity index (χ0) is 16.5. The Morgan fingerprint density at radius 3 is 3.04 bits per heavy atom. The summed E-state index contributed by atoms with van der Waals surface area (Å²) >= 11 is 0. The average Bonchev–Trinajstić information content (AvgIpc) is 3.13. The Bertz CT molecular complexity index is 894. The summed E-state index contributed by atoms with van der Waals surface area (Å²) < 4.78 is 7.51. The van der Waals surface area contributed by atoms with Gasteiger partial charge in [0.2, 0.25) is 0 Å². The fraction of sp³-hybridized carbons (Fsp3) is 0.333. The third-order valence-corrected chi connectivity index (χ3v) is 4.48. The van der Waals surface area contributed by atoms with Crippen LogP contribution in [0.1, 0.15) is 41.2 Å². The molecule has 0 bridgehead atoms. The van der Waals surface area contributed by atoms with E-state index in [1.165, 1.54) is 25.5 Å². The van der Waals surface area contributed by atoms with Crippen molar-refractivity contribution in [3.63, 3.8) is 0 Å². The van der Waals surface area contributed by atoms with E-state index in [1.54, 1.807) is 6.07 Å². The van der Waals surface area contributed by atoms with E-state index in [2.05, 4.69) is 9.88 Å². The summed E-state index contributed by atoms with van der Waals surface area (Å²) in [7, 11) is 0. The first-order chi connectivity index (χ1) is 11.7. The van der Waals surface area contributed by atoms with Crippen LogP contribution < -0.4 is 11.1 Å². The number of furan rings is 1. The second kappa shape index (κ2) is 6.13. The van der Waals surface area contributed by atoms with Crippen LogP contribution in [0, 0.1) is 0 Å². The van der Waals surface area contributed by atoms with E-state index in [9.17, 15) is 4.79 Å². The minimum absolute atomic E-state index is 0.210. The number of carbonyl (C=O) groups excluding carboxylic acids is 1. The fourth-order valence-corrected chi connectivity index (χ4v) is 3.24. The summed E-state index contributed by atoms with van der Waals surface area (Å²) in [6.07, 6.45) is 6.09. The number of nitrogens with one attached hydrogen (secondary N) is 1. The molecule has 1 aromatic carbocycles. The third kappa shape index (κ3) is 2.69. The van der Waals surface area contributed by atoms with Gasteiger partial charge in [0.25, 0.3) is 5.91 Å². The quantitative estimate of drug-likeness (QED) is 0.775. The fourth-order valence-electron chi connectivity index (χ4n) is 3.24. The van der Waals surface area contributed by atoms with Crippen molar-refractivity contribution in [2.75, 3.05) is 5.32 Å². The number of anilines is 1. The highest BCUT2D eigenvalue weighted by molar-refractivity contribution is 6.04. The molecule has 1 amide bonds. The zero-order valence-corrected chi connectivity index (χ0v) is 13.4. The van der Waals surface area contributed by atoms with E-state index >= 15 is 0 Å². The van der Waals surface area contributed by atoms with Gasteiger partial charge in [0.15, 0.2) is 0 Å². The highest BCUT2D eigenvalue weighted by atomic mass is 16.3. The molecular formula is C18H20N4O2. The first kappa shape index (κ1) is 15.0. The van der Waals surface area contributed by atoms with Crippen molar-refractivity contribution in [1.29, 1.82) is 0 Å². The summed E-state index contributed by atoms with van der Waals surface area (Å²) in [5.74, 6) is 1.53. The lowest BCUT2D eigenvalue weighted by atomic mass is 10.2. The van der Waals surface area contributed by atoms with Crippen molar-refractivity contribution in [1.82, 2.24) is 9.55 Å². The van der Waals surface area contributed by atoms with Gasteiger partial charge in [-0.2, -0.15) is 0 Å². The lowest BCUT2D eigenvalue weighted by Crippen LogP contribution is -2.10. The second-order valence-electron chi connectivity index (χ2n) is 6.15.